The first-order valence-electron chi connectivity index (χ1n) is 9.41. The fraction of sp³-hybridized carbons (Fsp3) is 0.550. The van der Waals surface area contributed by atoms with Crippen LogP contribution in [0.4, 0.5) is 0 Å². The number of benzene rings is 1. The number of aliphatic imine (C=N–C) groups is 1. The monoisotopic (exact) mass is 389 g/mol. The zero-order valence-electron chi connectivity index (χ0n) is 15.9. The van der Waals surface area contributed by atoms with Crippen molar-refractivity contribution in [2.24, 2.45) is 4.99 Å². The van der Waals surface area contributed by atoms with Gasteiger partial charge in [0.05, 0.1) is 6.42 Å². The molecule has 1 fully saturated rings. The van der Waals surface area contributed by atoms with Crippen molar-refractivity contribution in [1.29, 1.82) is 0 Å². The van der Waals surface area contributed by atoms with Crippen LogP contribution in [0.15, 0.2) is 35.3 Å². The van der Waals surface area contributed by atoms with Gasteiger partial charge in [-0.1, -0.05) is 30.0 Å². The molecular weight excluding hydrogens is 362 g/mol. The third-order valence-corrected chi connectivity index (χ3v) is 5.88. The van der Waals surface area contributed by atoms with Gasteiger partial charge in [-0.2, -0.15) is 0 Å². The summed E-state index contributed by atoms with van der Waals surface area (Å²) in [5.74, 6) is 0.392. The number of thioether (sulfide) groups is 1. The van der Waals surface area contributed by atoms with Crippen molar-refractivity contribution in [1.82, 2.24) is 10.2 Å². The molecule has 0 saturated carbocycles. The number of likely N-dealkylation sites (tertiary alicyclic amines) is 1. The molecule has 146 valence electrons. The smallest absolute Gasteiger partial charge is 0.260 e. The van der Waals surface area contributed by atoms with Gasteiger partial charge in [0.1, 0.15) is 5.75 Å². The zero-order valence-corrected chi connectivity index (χ0v) is 16.8. The Kier molecular flexibility index (Phi) is 6.09. The van der Waals surface area contributed by atoms with Gasteiger partial charge in [-0.05, 0) is 45.2 Å². The summed E-state index contributed by atoms with van der Waals surface area (Å²) >= 11 is 1.50. The van der Waals surface area contributed by atoms with Crippen molar-refractivity contribution in [3.8, 4) is 5.75 Å². The van der Waals surface area contributed by atoms with Crippen molar-refractivity contribution in [3.05, 3.63) is 30.3 Å². The molecule has 0 aromatic heterocycles. The Labute approximate surface area is 164 Å². The molecule has 3 rings (SSSR count). The van der Waals surface area contributed by atoms with Crippen LogP contribution in [0.25, 0.3) is 0 Å². The lowest BCUT2D eigenvalue weighted by Gasteiger charge is -2.33. The maximum atomic E-state index is 12.8. The number of carbonyl (C=O) groups is 2. The number of piperidine rings is 1. The Morgan fingerprint density at radius 2 is 1.89 bits per heavy atom. The molecule has 1 aromatic carbocycles. The molecule has 27 heavy (non-hydrogen) atoms. The van der Waals surface area contributed by atoms with E-state index in [0.29, 0.717) is 5.75 Å². The van der Waals surface area contributed by atoms with E-state index in [2.05, 4.69) is 10.3 Å². The van der Waals surface area contributed by atoms with Gasteiger partial charge >= 0.3 is 0 Å². The average Bonchev–Trinajstić information content (AvgIpc) is 2.95. The van der Waals surface area contributed by atoms with Gasteiger partial charge in [0, 0.05) is 24.1 Å². The lowest BCUT2D eigenvalue weighted by atomic mass is 10.1. The van der Waals surface area contributed by atoms with Gasteiger partial charge in [-0.3, -0.25) is 14.6 Å². The highest BCUT2D eigenvalue weighted by molar-refractivity contribution is 8.03. The second kappa shape index (κ2) is 8.33. The Balaban J connectivity index is 1.63. The van der Waals surface area contributed by atoms with Crippen molar-refractivity contribution < 1.29 is 14.3 Å². The number of carbonyl (C=O) groups excluding carboxylic acids is 2. The van der Waals surface area contributed by atoms with Gasteiger partial charge in [0.2, 0.25) is 5.91 Å². The quantitative estimate of drug-likeness (QED) is 0.812. The summed E-state index contributed by atoms with van der Waals surface area (Å²) < 4.78 is 5.29. The summed E-state index contributed by atoms with van der Waals surface area (Å²) in [4.78, 5) is 30.8. The van der Waals surface area contributed by atoms with Gasteiger partial charge in [0.25, 0.3) is 5.91 Å². The first-order chi connectivity index (χ1) is 12.9. The highest BCUT2D eigenvalue weighted by Crippen LogP contribution is 2.43. The summed E-state index contributed by atoms with van der Waals surface area (Å²) in [6, 6.07) is 9.19. The molecule has 2 aliphatic rings. The molecular formula is C20H27N3O3S. The summed E-state index contributed by atoms with van der Waals surface area (Å²) in [5.41, 5.74) is 0. The number of rotatable bonds is 6. The third-order valence-electron chi connectivity index (χ3n) is 4.56. The number of nitrogens with zero attached hydrogens (tertiary/aromatic N) is 2. The Morgan fingerprint density at radius 1 is 1.19 bits per heavy atom. The number of hydrogen-bond acceptors (Lipinski definition) is 5. The molecule has 1 unspecified atom stereocenters. The number of hydrogen-bond donors (Lipinski definition) is 1. The highest BCUT2D eigenvalue weighted by Gasteiger charge is 2.44. The zero-order chi connectivity index (χ0) is 19.3. The third kappa shape index (κ3) is 5.48. The Bertz CT molecular complexity index is 702. The number of para-hydroxylation sites is 1. The van der Waals surface area contributed by atoms with Crippen LogP contribution in [0.2, 0.25) is 0 Å². The van der Waals surface area contributed by atoms with E-state index >= 15 is 0 Å². The van der Waals surface area contributed by atoms with Gasteiger partial charge in [-0.15, -0.1) is 0 Å². The van der Waals surface area contributed by atoms with E-state index in [1.54, 1.807) is 12.1 Å². The van der Waals surface area contributed by atoms with Crippen LogP contribution >= 0.6 is 11.8 Å². The van der Waals surface area contributed by atoms with Crippen LogP contribution in [-0.2, 0) is 9.59 Å². The summed E-state index contributed by atoms with van der Waals surface area (Å²) in [7, 11) is 0. The summed E-state index contributed by atoms with van der Waals surface area (Å²) in [5, 5.41) is 2.94. The number of ether oxygens (including phenoxy) is 1. The largest absolute Gasteiger partial charge is 0.484 e. The Morgan fingerprint density at radius 3 is 2.52 bits per heavy atom. The molecule has 2 aliphatic heterocycles. The molecule has 1 aromatic rings. The number of amides is 2. The first kappa shape index (κ1) is 19.7. The van der Waals surface area contributed by atoms with Crippen molar-refractivity contribution in [2.45, 2.75) is 49.3 Å². The van der Waals surface area contributed by atoms with Gasteiger partial charge < -0.3 is 15.0 Å². The lowest BCUT2D eigenvalue weighted by molar-refractivity contribution is -0.133. The van der Waals surface area contributed by atoms with E-state index in [4.69, 9.17) is 4.74 Å². The predicted molar refractivity (Wildman–Crippen MR) is 108 cm³/mol. The van der Waals surface area contributed by atoms with Crippen LogP contribution in [-0.4, -0.2) is 52.4 Å². The van der Waals surface area contributed by atoms with E-state index in [9.17, 15) is 9.59 Å². The van der Waals surface area contributed by atoms with Gasteiger partial charge in [-0.25, -0.2) is 0 Å². The first-order valence-corrected chi connectivity index (χ1v) is 10.2. The van der Waals surface area contributed by atoms with Crippen LogP contribution in [0.5, 0.6) is 5.75 Å². The topological polar surface area (TPSA) is 71.0 Å². The summed E-state index contributed by atoms with van der Waals surface area (Å²) in [6.07, 6.45) is 5.23. The molecule has 0 bridgehead atoms. The standard InChI is InChI=1S/C20H27N3O3S/c1-19(2)15-21-20(27-19,13-18(25)23-11-7-4-8-12-23)22-17(24)14-26-16-9-5-3-6-10-16/h3,5-6,9-10,15H,4,7-8,11-14H2,1-2H3,(H,22,24). The van der Waals surface area contributed by atoms with E-state index in [0.717, 1.165) is 25.9 Å². The Hall–Kier alpha value is -2.02. The minimum atomic E-state index is -0.963. The van der Waals surface area contributed by atoms with E-state index in [-0.39, 0.29) is 29.6 Å². The lowest BCUT2D eigenvalue weighted by Crippen LogP contribution is -2.50. The maximum Gasteiger partial charge on any atom is 0.260 e. The molecule has 1 saturated heterocycles. The fourth-order valence-electron chi connectivity index (χ4n) is 3.31. The van der Waals surface area contributed by atoms with Crippen molar-refractivity contribution >= 4 is 29.8 Å². The molecule has 0 radical (unpaired) electrons. The second-order valence-electron chi connectivity index (χ2n) is 7.52. The number of nitrogens with one attached hydrogen (secondary N) is 1. The van der Waals surface area contributed by atoms with Gasteiger partial charge in [0.15, 0.2) is 11.6 Å². The van der Waals surface area contributed by atoms with Crippen LogP contribution < -0.4 is 10.1 Å². The maximum absolute atomic E-state index is 12.8. The predicted octanol–water partition coefficient (Wildman–Crippen LogP) is 2.83. The molecule has 7 heteroatoms. The minimum absolute atomic E-state index is 0.0429. The molecule has 1 N–H and O–H groups in total. The van der Waals surface area contributed by atoms with Crippen LogP contribution in [0.1, 0.15) is 39.5 Å². The van der Waals surface area contributed by atoms with Crippen LogP contribution in [0, 0.1) is 0 Å². The summed E-state index contributed by atoms with van der Waals surface area (Å²) in [6.45, 7) is 5.53. The van der Waals surface area contributed by atoms with E-state index < -0.39 is 4.99 Å². The van der Waals surface area contributed by atoms with Crippen molar-refractivity contribution in [2.75, 3.05) is 19.7 Å². The highest BCUT2D eigenvalue weighted by atomic mass is 32.2. The molecule has 0 aliphatic carbocycles. The van der Waals surface area contributed by atoms with Crippen molar-refractivity contribution in [3.63, 3.8) is 0 Å². The fourth-order valence-corrected chi connectivity index (χ4v) is 4.75. The molecule has 2 amide bonds. The van der Waals surface area contributed by atoms with E-state index in [1.807, 2.05) is 43.2 Å². The SMILES string of the molecule is CC1(C)C=NC(CC(=O)N2CCCCC2)(NC(=O)COc2ccccc2)S1. The normalized spacial score (nSPS) is 23.9. The average molecular weight is 390 g/mol. The molecule has 1 atom stereocenters. The molecule has 0 spiro atoms. The molecule has 6 nitrogen and oxygen atoms in total. The molecule has 2 heterocycles. The van der Waals surface area contributed by atoms with Crippen LogP contribution in [0.3, 0.4) is 0 Å². The second-order valence-corrected chi connectivity index (χ2v) is 9.45. The van der Waals surface area contributed by atoms with E-state index in [1.165, 1.54) is 18.2 Å². The minimum Gasteiger partial charge on any atom is -0.484 e.